The maximum absolute atomic E-state index is 4.41. The average molecular weight is 252 g/mol. The Hall–Kier alpha value is -0.900. The predicted octanol–water partition coefficient (Wildman–Crippen LogP) is 2.50. The highest BCUT2D eigenvalue weighted by atomic mass is 15.3. The van der Waals surface area contributed by atoms with E-state index in [1.54, 1.807) is 6.33 Å². The second-order valence-corrected chi connectivity index (χ2v) is 5.51. The number of rotatable bonds is 8. The largest absolute Gasteiger partial charge is 0.314 e. The summed E-state index contributed by atoms with van der Waals surface area (Å²) in [5.74, 6) is 2.31. The molecule has 0 amide bonds. The molecule has 0 aliphatic heterocycles. The van der Waals surface area contributed by atoms with Gasteiger partial charge in [0, 0.05) is 19.0 Å². The molecule has 1 N–H and O–H groups in total. The van der Waals surface area contributed by atoms with Crippen LogP contribution in [0.2, 0.25) is 0 Å². The molecule has 18 heavy (non-hydrogen) atoms. The van der Waals surface area contributed by atoms with Crippen molar-refractivity contribution < 1.29 is 0 Å². The molecule has 0 radical (unpaired) electrons. The van der Waals surface area contributed by atoms with E-state index in [9.17, 15) is 0 Å². The van der Waals surface area contributed by atoms with Crippen molar-refractivity contribution in [2.75, 3.05) is 6.54 Å². The smallest absolute Gasteiger partial charge is 0.138 e. The van der Waals surface area contributed by atoms with E-state index in [0.29, 0.717) is 17.9 Å². The zero-order valence-corrected chi connectivity index (χ0v) is 12.5. The van der Waals surface area contributed by atoms with Gasteiger partial charge in [-0.05, 0) is 24.8 Å². The van der Waals surface area contributed by atoms with Crippen molar-refractivity contribution >= 4 is 0 Å². The molecular formula is C14H28N4. The van der Waals surface area contributed by atoms with Crippen molar-refractivity contribution in [3.05, 3.63) is 12.2 Å². The second kappa shape index (κ2) is 7.52. The Morgan fingerprint density at radius 1 is 1.28 bits per heavy atom. The van der Waals surface area contributed by atoms with Crippen LogP contribution in [-0.2, 0) is 13.0 Å². The summed E-state index contributed by atoms with van der Waals surface area (Å²) in [6, 6.07) is 0.569. The molecule has 2 atom stereocenters. The van der Waals surface area contributed by atoms with Crippen LogP contribution in [0.3, 0.4) is 0 Å². The van der Waals surface area contributed by atoms with Crippen LogP contribution in [0, 0.1) is 11.8 Å². The standard InChI is InChI=1S/C14H28N4/c1-6-13(15-7-2)12(5)8-14-16-10-17-18(14)9-11(3)4/h10-13,15H,6-9H2,1-5H3. The second-order valence-electron chi connectivity index (χ2n) is 5.51. The molecule has 1 aromatic heterocycles. The highest BCUT2D eigenvalue weighted by Crippen LogP contribution is 2.13. The van der Waals surface area contributed by atoms with Crippen LogP contribution >= 0.6 is 0 Å². The topological polar surface area (TPSA) is 42.7 Å². The molecule has 2 unspecified atom stereocenters. The van der Waals surface area contributed by atoms with E-state index in [4.69, 9.17) is 0 Å². The van der Waals surface area contributed by atoms with Gasteiger partial charge in [-0.3, -0.25) is 0 Å². The molecule has 4 nitrogen and oxygen atoms in total. The van der Waals surface area contributed by atoms with Gasteiger partial charge in [0.25, 0.3) is 0 Å². The number of hydrogen-bond acceptors (Lipinski definition) is 3. The fourth-order valence-electron chi connectivity index (χ4n) is 2.38. The molecule has 0 spiro atoms. The summed E-state index contributed by atoms with van der Waals surface area (Å²) < 4.78 is 2.06. The molecule has 1 heterocycles. The zero-order chi connectivity index (χ0) is 13.5. The van der Waals surface area contributed by atoms with Crippen molar-refractivity contribution in [2.24, 2.45) is 11.8 Å². The summed E-state index contributed by atoms with van der Waals surface area (Å²) >= 11 is 0. The van der Waals surface area contributed by atoms with Gasteiger partial charge >= 0.3 is 0 Å². The predicted molar refractivity (Wildman–Crippen MR) is 75.5 cm³/mol. The van der Waals surface area contributed by atoms with Crippen LogP contribution in [0.1, 0.15) is 46.9 Å². The van der Waals surface area contributed by atoms with E-state index in [1.807, 2.05) is 0 Å². The molecule has 0 fully saturated rings. The fraction of sp³-hybridized carbons (Fsp3) is 0.857. The van der Waals surface area contributed by atoms with Gasteiger partial charge in [-0.1, -0.05) is 34.6 Å². The normalized spacial score (nSPS) is 15.0. The van der Waals surface area contributed by atoms with Crippen LogP contribution in [-0.4, -0.2) is 27.4 Å². The lowest BCUT2D eigenvalue weighted by molar-refractivity contribution is 0.355. The molecular weight excluding hydrogens is 224 g/mol. The lowest BCUT2D eigenvalue weighted by Crippen LogP contribution is -2.35. The number of nitrogens with zero attached hydrogens (tertiary/aromatic N) is 3. The minimum atomic E-state index is 0.569. The maximum Gasteiger partial charge on any atom is 0.138 e. The highest BCUT2D eigenvalue weighted by molar-refractivity contribution is 4.89. The molecule has 0 saturated carbocycles. The van der Waals surface area contributed by atoms with Crippen LogP contribution in [0.25, 0.3) is 0 Å². The van der Waals surface area contributed by atoms with Crippen molar-refractivity contribution in [1.82, 2.24) is 20.1 Å². The third-order valence-corrected chi connectivity index (χ3v) is 3.33. The summed E-state index contributed by atoms with van der Waals surface area (Å²) in [6.45, 7) is 13.1. The lowest BCUT2D eigenvalue weighted by Gasteiger charge is -2.23. The molecule has 0 aliphatic carbocycles. The summed E-state index contributed by atoms with van der Waals surface area (Å²) in [6.07, 6.45) is 3.84. The molecule has 4 heteroatoms. The first-order valence-electron chi connectivity index (χ1n) is 7.18. The van der Waals surface area contributed by atoms with E-state index >= 15 is 0 Å². The van der Waals surface area contributed by atoms with E-state index in [-0.39, 0.29) is 0 Å². The Morgan fingerprint density at radius 3 is 2.56 bits per heavy atom. The quantitative estimate of drug-likeness (QED) is 0.773. The molecule has 104 valence electrons. The molecule has 0 aromatic carbocycles. The Bertz CT molecular complexity index is 332. The van der Waals surface area contributed by atoms with Gasteiger partial charge in [0.15, 0.2) is 0 Å². The summed E-state index contributed by atoms with van der Waals surface area (Å²) in [7, 11) is 0. The van der Waals surface area contributed by atoms with E-state index in [2.05, 4.69) is 54.7 Å². The van der Waals surface area contributed by atoms with Gasteiger partial charge < -0.3 is 5.32 Å². The fourth-order valence-corrected chi connectivity index (χ4v) is 2.38. The van der Waals surface area contributed by atoms with Gasteiger partial charge in [-0.15, -0.1) is 0 Å². The van der Waals surface area contributed by atoms with E-state index < -0.39 is 0 Å². The van der Waals surface area contributed by atoms with Crippen molar-refractivity contribution in [3.63, 3.8) is 0 Å². The Kier molecular flexibility index (Phi) is 6.33. The minimum Gasteiger partial charge on any atom is -0.314 e. The van der Waals surface area contributed by atoms with Gasteiger partial charge in [0.2, 0.25) is 0 Å². The van der Waals surface area contributed by atoms with Crippen LogP contribution in [0.15, 0.2) is 6.33 Å². The first-order valence-corrected chi connectivity index (χ1v) is 7.18. The minimum absolute atomic E-state index is 0.569. The molecule has 1 rings (SSSR count). The first kappa shape index (κ1) is 15.2. The average Bonchev–Trinajstić information content (AvgIpc) is 2.72. The highest BCUT2D eigenvalue weighted by Gasteiger charge is 2.17. The summed E-state index contributed by atoms with van der Waals surface area (Å²) in [5.41, 5.74) is 0. The summed E-state index contributed by atoms with van der Waals surface area (Å²) in [4.78, 5) is 4.41. The van der Waals surface area contributed by atoms with Crippen LogP contribution < -0.4 is 5.32 Å². The van der Waals surface area contributed by atoms with Crippen molar-refractivity contribution in [1.29, 1.82) is 0 Å². The Morgan fingerprint density at radius 2 is 2.00 bits per heavy atom. The lowest BCUT2D eigenvalue weighted by atomic mass is 9.95. The third kappa shape index (κ3) is 4.41. The Labute approximate surface area is 111 Å². The van der Waals surface area contributed by atoms with Crippen LogP contribution in [0.4, 0.5) is 0 Å². The van der Waals surface area contributed by atoms with E-state index in [0.717, 1.165) is 31.8 Å². The number of aromatic nitrogens is 3. The van der Waals surface area contributed by atoms with Gasteiger partial charge in [-0.25, -0.2) is 9.67 Å². The molecule has 1 aromatic rings. The van der Waals surface area contributed by atoms with Gasteiger partial charge in [0.1, 0.15) is 12.2 Å². The Balaban J connectivity index is 2.63. The third-order valence-electron chi connectivity index (χ3n) is 3.33. The zero-order valence-electron chi connectivity index (χ0n) is 12.5. The molecule has 0 saturated heterocycles. The number of hydrogen-bond donors (Lipinski definition) is 1. The van der Waals surface area contributed by atoms with Crippen molar-refractivity contribution in [2.45, 2.75) is 60.0 Å². The maximum atomic E-state index is 4.41. The van der Waals surface area contributed by atoms with Gasteiger partial charge in [0.05, 0.1) is 0 Å². The SMILES string of the molecule is CCNC(CC)C(C)Cc1ncnn1CC(C)C. The number of nitrogens with one attached hydrogen (secondary N) is 1. The monoisotopic (exact) mass is 252 g/mol. The van der Waals surface area contributed by atoms with Crippen molar-refractivity contribution in [3.8, 4) is 0 Å². The van der Waals surface area contributed by atoms with Crippen LogP contribution in [0.5, 0.6) is 0 Å². The summed E-state index contributed by atoms with van der Waals surface area (Å²) in [5, 5.41) is 7.87. The molecule has 0 bridgehead atoms. The first-order chi connectivity index (χ1) is 8.58. The van der Waals surface area contributed by atoms with E-state index in [1.165, 1.54) is 0 Å². The molecule has 0 aliphatic rings. The van der Waals surface area contributed by atoms with Gasteiger partial charge in [-0.2, -0.15) is 5.10 Å².